The molecule has 0 aliphatic heterocycles. The normalized spacial score (nSPS) is 13.4. The average molecular weight is 188 g/mol. The number of nitrogens with two attached hydrogens (primary N) is 1. The van der Waals surface area contributed by atoms with Gasteiger partial charge in [-0.25, -0.2) is 0 Å². The molecule has 2 heteroatoms. The van der Waals surface area contributed by atoms with Gasteiger partial charge in [0.25, 0.3) is 0 Å². The summed E-state index contributed by atoms with van der Waals surface area (Å²) in [5, 5.41) is 1.30. The van der Waals surface area contributed by atoms with Gasteiger partial charge in [0.2, 0.25) is 0 Å². The molecule has 0 aliphatic rings. The summed E-state index contributed by atoms with van der Waals surface area (Å²) in [6.45, 7) is 4.93. The highest BCUT2D eigenvalue weighted by Crippen LogP contribution is 2.20. The topological polar surface area (TPSA) is 30.9 Å². The summed E-state index contributed by atoms with van der Waals surface area (Å²) in [7, 11) is 0. The maximum Gasteiger partial charge on any atom is 0.0483 e. The molecule has 2 aromatic rings. The molecule has 1 atom stereocenters. The van der Waals surface area contributed by atoms with Gasteiger partial charge in [0, 0.05) is 24.3 Å². The molecular formula is C12H16N2. The van der Waals surface area contributed by atoms with Crippen LogP contribution in [0.2, 0.25) is 0 Å². The molecule has 1 heterocycles. The van der Waals surface area contributed by atoms with Gasteiger partial charge < -0.3 is 10.3 Å². The lowest BCUT2D eigenvalue weighted by molar-refractivity contribution is 0.577. The number of nitrogens with zero attached hydrogens (tertiary/aromatic N) is 1. The van der Waals surface area contributed by atoms with Gasteiger partial charge >= 0.3 is 0 Å². The molecule has 2 N–H and O–H groups in total. The molecule has 1 aromatic heterocycles. The predicted octanol–water partition coefficient (Wildman–Crippen LogP) is 2.47. The van der Waals surface area contributed by atoms with Crippen LogP contribution in [0.1, 0.15) is 18.5 Å². The Labute approximate surface area is 84.3 Å². The van der Waals surface area contributed by atoms with Gasteiger partial charge in [-0.05, 0) is 37.4 Å². The average Bonchev–Trinajstić information content (AvgIpc) is 2.59. The molecular weight excluding hydrogens is 172 g/mol. The van der Waals surface area contributed by atoms with Crippen molar-refractivity contribution in [1.29, 1.82) is 0 Å². The Bertz CT molecular complexity index is 443. The first-order chi connectivity index (χ1) is 6.72. The van der Waals surface area contributed by atoms with Crippen LogP contribution in [-0.4, -0.2) is 11.1 Å². The predicted molar refractivity (Wildman–Crippen MR) is 60.4 cm³/mol. The fourth-order valence-corrected chi connectivity index (χ4v) is 1.78. The van der Waals surface area contributed by atoms with E-state index in [1.807, 2.05) is 0 Å². The Kier molecular flexibility index (Phi) is 2.30. The Morgan fingerprint density at radius 1 is 1.36 bits per heavy atom. The number of rotatable bonds is 2. The van der Waals surface area contributed by atoms with Gasteiger partial charge in [-0.1, -0.05) is 11.6 Å². The van der Waals surface area contributed by atoms with Crippen LogP contribution in [-0.2, 0) is 0 Å². The number of hydrogen-bond donors (Lipinski definition) is 1. The maximum atomic E-state index is 5.66. The second-order valence-electron chi connectivity index (χ2n) is 3.87. The van der Waals surface area contributed by atoms with E-state index in [-0.39, 0.29) is 0 Å². The van der Waals surface area contributed by atoms with Crippen LogP contribution in [0.3, 0.4) is 0 Å². The lowest BCUT2D eigenvalue weighted by atomic mass is 10.2. The lowest BCUT2D eigenvalue weighted by Crippen LogP contribution is -2.14. The van der Waals surface area contributed by atoms with E-state index in [1.54, 1.807) is 0 Å². The lowest BCUT2D eigenvalue weighted by Gasteiger charge is -2.12. The minimum Gasteiger partial charge on any atom is -0.343 e. The van der Waals surface area contributed by atoms with Crippen molar-refractivity contribution < 1.29 is 0 Å². The van der Waals surface area contributed by atoms with E-state index >= 15 is 0 Å². The fourth-order valence-electron chi connectivity index (χ4n) is 1.78. The molecule has 0 bridgehead atoms. The minimum atomic E-state index is 0.371. The van der Waals surface area contributed by atoms with E-state index in [9.17, 15) is 0 Å². The summed E-state index contributed by atoms with van der Waals surface area (Å²) in [5.41, 5.74) is 8.24. The number of hydrogen-bond acceptors (Lipinski definition) is 1. The minimum absolute atomic E-state index is 0.371. The van der Waals surface area contributed by atoms with Gasteiger partial charge in [0.15, 0.2) is 0 Å². The molecule has 0 radical (unpaired) electrons. The number of aryl methyl sites for hydroxylation is 1. The van der Waals surface area contributed by atoms with Gasteiger partial charge in [-0.3, -0.25) is 0 Å². The number of benzene rings is 1. The third kappa shape index (κ3) is 1.42. The molecule has 1 aromatic carbocycles. The summed E-state index contributed by atoms with van der Waals surface area (Å²) in [6, 6.07) is 9.03. The molecule has 0 aliphatic carbocycles. The largest absolute Gasteiger partial charge is 0.343 e. The molecule has 0 spiro atoms. The van der Waals surface area contributed by atoms with Gasteiger partial charge in [-0.15, -0.1) is 0 Å². The van der Waals surface area contributed by atoms with Gasteiger partial charge in [-0.2, -0.15) is 0 Å². The molecule has 0 amide bonds. The van der Waals surface area contributed by atoms with Crippen molar-refractivity contribution in [2.45, 2.75) is 19.9 Å². The molecule has 14 heavy (non-hydrogen) atoms. The summed E-state index contributed by atoms with van der Waals surface area (Å²) in [6.07, 6.45) is 2.11. The number of fused-ring (bicyclic) bond motifs is 1. The van der Waals surface area contributed by atoms with Crippen molar-refractivity contribution in [1.82, 2.24) is 4.57 Å². The molecule has 2 nitrogen and oxygen atoms in total. The Balaban J connectivity index is 2.58. The maximum absolute atomic E-state index is 5.66. The molecule has 2 rings (SSSR count). The van der Waals surface area contributed by atoms with Crippen LogP contribution in [0.4, 0.5) is 0 Å². The molecule has 74 valence electrons. The summed E-state index contributed by atoms with van der Waals surface area (Å²) in [4.78, 5) is 0. The van der Waals surface area contributed by atoms with E-state index < -0.39 is 0 Å². The van der Waals surface area contributed by atoms with E-state index in [2.05, 4.69) is 48.9 Å². The first-order valence-electron chi connectivity index (χ1n) is 4.99. The highest BCUT2D eigenvalue weighted by Gasteiger charge is 2.05. The van der Waals surface area contributed by atoms with Crippen LogP contribution in [0.25, 0.3) is 10.9 Å². The van der Waals surface area contributed by atoms with E-state index in [0.29, 0.717) is 12.6 Å². The second-order valence-corrected chi connectivity index (χ2v) is 3.87. The SMILES string of the molecule is Cc1ccc2c(ccn2C(C)CN)c1. The summed E-state index contributed by atoms with van der Waals surface area (Å²) < 4.78 is 2.23. The molecule has 0 saturated carbocycles. The third-order valence-electron chi connectivity index (χ3n) is 2.69. The summed E-state index contributed by atoms with van der Waals surface area (Å²) >= 11 is 0. The first-order valence-corrected chi connectivity index (χ1v) is 4.99. The highest BCUT2D eigenvalue weighted by atomic mass is 15.0. The first kappa shape index (κ1) is 9.28. The van der Waals surface area contributed by atoms with E-state index in [1.165, 1.54) is 16.5 Å². The Morgan fingerprint density at radius 3 is 2.86 bits per heavy atom. The van der Waals surface area contributed by atoms with Crippen molar-refractivity contribution in [3.05, 3.63) is 36.0 Å². The van der Waals surface area contributed by atoms with Crippen LogP contribution in [0.15, 0.2) is 30.5 Å². The third-order valence-corrected chi connectivity index (χ3v) is 2.69. The van der Waals surface area contributed by atoms with Gasteiger partial charge in [0.05, 0.1) is 0 Å². The zero-order valence-electron chi connectivity index (χ0n) is 8.70. The van der Waals surface area contributed by atoms with Gasteiger partial charge in [0.1, 0.15) is 0 Å². The van der Waals surface area contributed by atoms with Crippen molar-refractivity contribution in [2.24, 2.45) is 5.73 Å². The molecule has 0 fully saturated rings. The molecule has 0 saturated heterocycles. The van der Waals surface area contributed by atoms with E-state index in [0.717, 1.165) is 0 Å². The zero-order valence-corrected chi connectivity index (χ0v) is 8.70. The zero-order chi connectivity index (χ0) is 10.1. The summed E-state index contributed by atoms with van der Waals surface area (Å²) in [5.74, 6) is 0. The fraction of sp³-hybridized carbons (Fsp3) is 0.333. The van der Waals surface area contributed by atoms with Crippen molar-refractivity contribution in [3.63, 3.8) is 0 Å². The van der Waals surface area contributed by atoms with Crippen molar-refractivity contribution in [3.8, 4) is 0 Å². The van der Waals surface area contributed by atoms with Crippen LogP contribution >= 0.6 is 0 Å². The number of aromatic nitrogens is 1. The monoisotopic (exact) mass is 188 g/mol. The smallest absolute Gasteiger partial charge is 0.0483 e. The van der Waals surface area contributed by atoms with Crippen molar-refractivity contribution >= 4 is 10.9 Å². The van der Waals surface area contributed by atoms with Crippen LogP contribution in [0, 0.1) is 6.92 Å². The van der Waals surface area contributed by atoms with Crippen LogP contribution < -0.4 is 5.73 Å². The quantitative estimate of drug-likeness (QED) is 0.771. The standard InChI is InChI=1S/C12H16N2/c1-9-3-4-12-11(7-9)5-6-14(12)10(2)8-13/h3-7,10H,8,13H2,1-2H3. The molecule has 1 unspecified atom stereocenters. The Morgan fingerprint density at radius 2 is 2.14 bits per heavy atom. The second kappa shape index (κ2) is 3.46. The highest BCUT2D eigenvalue weighted by molar-refractivity contribution is 5.80. The van der Waals surface area contributed by atoms with E-state index in [4.69, 9.17) is 5.73 Å². The van der Waals surface area contributed by atoms with Crippen molar-refractivity contribution in [2.75, 3.05) is 6.54 Å². The Hall–Kier alpha value is -1.28. The van der Waals surface area contributed by atoms with Crippen LogP contribution in [0.5, 0.6) is 0 Å².